The van der Waals surface area contributed by atoms with Crippen molar-refractivity contribution in [2.45, 2.75) is 90.6 Å². The predicted molar refractivity (Wildman–Crippen MR) is 94.4 cm³/mol. The van der Waals surface area contributed by atoms with E-state index in [2.05, 4.69) is 39.8 Å². The summed E-state index contributed by atoms with van der Waals surface area (Å²) in [4.78, 5) is 11.2. The number of hydrogen-bond donors (Lipinski definition) is 1. The van der Waals surface area contributed by atoms with Crippen LogP contribution in [0, 0.1) is 5.92 Å². The Labute approximate surface area is 145 Å². The third-order valence-corrected chi connectivity index (χ3v) is 4.79. The second-order valence-corrected chi connectivity index (χ2v) is 7.85. The molecule has 136 valence electrons. The molecule has 0 saturated carbocycles. The zero-order valence-electron chi connectivity index (χ0n) is 15.5. The third kappa shape index (κ3) is 5.75. The van der Waals surface area contributed by atoms with E-state index in [0.29, 0.717) is 12.3 Å². The smallest absolute Gasteiger partial charge is 0.311 e. The highest BCUT2D eigenvalue weighted by molar-refractivity contribution is 5.74. The van der Waals surface area contributed by atoms with Crippen LogP contribution < -0.4 is 0 Å². The van der Waals surface area contributed by atoms with Gasteiger partial charge in [0.25, 0.3) is 0 Å². The minimum absolute atomic E-state index is 0.132. The summed E-state index contributed by atoms with van der Waals surface area (Å²) in [5.41, 5.74) is 2.32. The van der Waals surface area contributed by atoms with E-state index in [9.17, 15) is 9.90 Å². The maximum Gasteiger partial charge on any atom is 0.311 e. The van der Waals surface area contributed by atoms with Crippen LogP contribution in [0.3, 0.4) is 0 Å². The van der Waals surface area contributed by atoms with Crippen molar-refractivity contribution < 1.29 is 19.4 Å². The molecule has 3 atom stereocenters. The molecule has 24 heavy (non-hydrogen) atoms. The van der Waals surface area contributed by atoms with Crippen molar-refractivity contribution in [1.82, 2.24) is 0 Å². The molecule has 4 heteroatoms. The first-order valence-electron chi connectivity index (χ1n) is 9.17. The van der Waals surface area contributed by atoms with Gasteiger partial charge in [-0.2, -0.15) is 0 Å². The van der Waals surface area contributed by atoms with E-state index in [1.807, 2.05) is 0 Å². The predicted octanol–water partition coefficient (Wildman–Crippen LogP) is 4.28. The Morgan fingerprint density at radius 2 is 2.00 bits per heavy atom. The summed E-state index contributed by atoms with van der Waals surface area (Å²) in [5.74, 6) is 0.403. The molecule has 2 fully saturated rings. The molecule has 2 unspecified atom stereocenters. The van der Waals surface area contributed by atoms with Crippen molar-refractivity contribution in [3.8, 4) is 0 Å². The van der Waals surface area contributed by atoms with Gasteiger partial charge in [-0.05, 0) is 58.3 Å². The summed E-state index contributed by atoms with van der Waals surface area (Å²) < 4.78 is 10.5. The number of aliphatic hydroxyl groups is 1. The van der Waals surface area contributed by atoms with Crippen LogP contribution >= 0.6 is 0 Å². The van der Waals surface area contributed by atoms with Crippen LogP contribution in [0.25, 0.3) is 0 Å². The molecule has 2 rings (SSSR count). The SMILES string of the molecule is C/C(=C\CCC12CC(=O)OC1O2)CC/C=C(\C)C[C@H](O)CC(C)C. The molecule has 0 aromatic rings. The maximum atomic E-state index is 11.2. The van der Waals surface area contributed by atoms with Gasteiger partial charge in [0.15, 0.2) is 0 Å². The van der Waals surface area contributed by atoms with E-state index < -0.39 is 0 Å². The Hall–Kier alpha value is -1.13. The first-order chi connectivity index (χ1) is 11.3. The number of carbonyl (C=O) groups is 1. The molecule has 0 aromatic heterocycles. The highest BCUT2D eigenvalue weighted by atomic mass is 16.8. The molecule has 2 saturated heterocycles. The van der Waals surface area contributed by atoms with Crippen LogP contribution in [-0.2, 0) is 14.3 Å². The first kappa shape index (κ1) is 19.2. The van der Waals surface area contributed by atoms with E-state index in [1.54, 1.807) is 0 Å². The van der Waals surface area contributed by atoms with Gasteiger partial charge < -0.3 is 14.6 Å². The number of aliphatic hydroxyl groups excluding tert-OH is 1. The Kier molecular flexibility index (Phi) is 6.64. The Morgan fingerprint density at radius 1 is 1.29 bits per heavy atom. The van der Waals surface area contributed by atoms with Gasteiger partial charge in [0.05, 0.1) is 12.5 Å². The molecule has 2 aliphatic rings. The fourth-order valence-electron chi connectivity index (χ4n) is 3.40. The average Bonchev–Trinajstić information content (AvgIpc) is 2.99. The molecular formula is C20H32O4. The molecule has 0 bridgehead atoms. The summed E-state index contributed by atoms with van der Waals surface area (Å²) in [6.07, 6.45) is 9.85. The minimum Gasteiger partial charge on any atom is -0.432 e. The summed E-state index contributed by atoms with van der Waals surface area (Å²) >= 11 is 0. The van der Waals surface area contributed by atoms with Crippen LogP contribution in [0.5, 0.6) is 0 Å². The van der Waals surface area contributed by atoms with Crippen molar-refractivity contribution in [1.29, 1.82) is 0 Å². The van der Waals surface area contributed by atoms with Gasteiger partial charge in [0, 0.05) is 0 Å². The van der Waals surface area contributed by atoms with E-state index in [1.165, 1.54) is 11.1 Å². The number of allylic oxidation sites excluding steroid dienone is 3. The molecule has 2 aliphatic heterocycles. The maximum absolute atomic E-state index is 11.2. The van der Waals surface area contributed by atoms with Crippen molar-refractivity contribution in [3.63, 3.8) is 0 Å². The summed E-state index contributed by atoms with van der Waals surface area (Å²) in [6, 6.07) is 0. The second kappa shape index (κ2) is 8.30. The number of epoxide rings is 1. The van der Waals surface area contributed by atoms with Crippen molar-refractivity contribution >= 4 is 5.97 Å². The Morgan fingerprint density at radius 3 is 2.62 bits per heavy atom. The molecule has 0 amide bonds. The largest absolute Gasteiger partial charge is 0.432 e. The van der Waals surface area contributed by atoms with Gasteiger partial charge in [0.1, 0.15) is 5.60 Å². The van der Waals surface area contributed by atoms with Crippen molar-refractivity contribution in [2.24, 2.45) is 5.92 Å². The molecule has 0 spiro atoms. The number of carbonyl (C=O) groups excluding carboxylic acids is 1. The number of fused-ring (bicyclic) bond motifs is 1. The van der Waals surface area contributed by atoms with Crippen LogP contribution in [0.1, 0.15) is 72.6 Å². The highest BCUT2D eigenvalue weighted by Gasteiger charge is 2.65. The number of ether oxygens (including phenoxy) is 2. The Balaban J connectivity index is 1.62. The van der Waals surface area contributed by atoms with Crippen LogP contribution in [0.15, 0.2) is 23.3 Å². The van der Waals surface area contributed by atoms with Crippen molar-refractivity contribution in [3.05, 3.63) is 23.3 Å². The van der Waals surface area contributed by atoms with Gasteiger partial charge in [-0.25, -0.2) is 0 Å². The van der Waals surface area contributed by atoms with Gasteiger partial charge in [-0.15, -0.1) is 0 Å². The second-order valence-electron chi connectivity index (χ2n) is 7.85. The van der Waals surface area contributed by atoms with Gasteiger partial charge in [-0.3, -0.25) is 4.79 Å². The van der Waals surface area contributed by atoms with Gasteiger partial charge >= 0.3 is 5.97 Å². The lowest BCUT2D eigenvalue weighted by molar-refractivity contribution is -0.147. The zero-order valence-corrected chi connectivity index (χ0v) is 15.5. The van der Waals surface area contributed by atoms with E-state index in [-0.39, 0.29) is 24.0 Å². The molecule has 2 heterocycles. The molecular weight excluding hydrogens is 304 g/mol. The average molecular weight is 336 g/mol. The molecule has 0 radical (unpaired) electrons. The number of hydrogen-bond acceptors (Lipinski definition) is 4. The van der Waals surface area contributed by atoms with Crippen molar-refractivity contribution in [2.75, 3.05) is 0 Å². The lowest BCUT2D eigenvalue weighted by Crippen LogP contribution is -2.10. The van der Waals surface area contributed by atoms with Gasteiger partial charge in [0.2, 0.25) is 6.29 Å². The lowest BCUT2D eigenvalue weighted by atomic mass is 9.98. The van der Waals surface area contributed by atoms with E-state index >= 15 is 0 Å². The first-order valence-corrected chi connectivity index (χ1v) is 9.17. The summed E-state index contributed by atoms with van der Waals surface area (Å²) in [6.45, 7) is 8.52. The quantitative estimate of drug-likeness (QED) is 0.367. The summed E-state index contributed by atoms with van der Waals surface area (Å²) in [7, 11) is 0. The third-order valence-electron chi connectivity index (χ3n) is 4.79. The van der Waals surface area contributed by atoms with E-state index in [4.69, 9.17) is 9.47 Å². The van der Waals surface area contributed by atoms with Crippen LogP contribution in [0.2, 0.25) is 0 Å². The number of rotatable bonds is 10. The molecule has 4 nitrogen and oxygen atoms in total. The Bertz CT molecular complexity index is 506. The van der Waals surface area contributed by atoms with E-state index in [0.717, 1.165) is 38.5 Å². The fraction of sp³-hybridized carbons (Fsp3) is 0.750. The van der Waals surface area contributed by atoms with Crippen LogP contribution in [0.4, 0.5) is 0 Å². The lowest BCUT2D eigenvalue weighted by Gasteiger charge is -2.13. The standard InChI is InChI=1S/C20H32O4/c1-14(2)11-17(21)12-16(4)8-5-7-15(3)9-6-10-20-13-18(22)23-19(20)24-20/h8-9,14,17,19,21H,5-7,10-13H2,1-4H3/b15-9+,16-8+/t17-,19?,20?/m1/s1. The molecule has 1 N–H and O–H groups in total. The monoisotopic (exact) mass is 336 g/mol. The molecule has 0 aromatic carbocycles. The topological polar surface area (TPSA) is 59.1 Å². The zero-order chi connectivity index (χ0) is 17.7. The summed E-state index contributed by atoms with van der Waals surface area (Å²) in [5, 5.41) is 9.97. The highest BCUT2D eigenvalue weighted by Crippen LogP contribution is 2.49. The normalized spacial score (nSPS) is 28.1. The minimum atomic E-state index is -0.309. The fourth-order valence-corrected chi connectivity index (χ4v) is 3.40. The molecule has 0 aliphatic carbocycles. The number of esters is 1. The van der Waals surface area contributed by atoms with Crippen LogP contribution in [-0.4, -0.2) is 29.1 Å². The van der Waals surface area contributed by atoms with Gasteiger partial charge in [-0.1, -0.05) is 37.1 Å².